The van der Waals surface area contributed by atoms with Crippen molar-refractivity contribution in [3.05, 3.63) is 28.8 Å². The van der Waals surface area contributed by atoms with Gasteiger partial charge in [0.25, 0.3) is 5.91 Å². The Bertz CT molecular complexity index is 782. The van der Waals surface area contributed by atoms with E-state index in [0.717, 1.165) is 39.3 Å². The normalized spacial score (nSPS) is 18.8. The molecule has 2 fully saturated rings. The van der Waals surface area contributed by atoms with E-state index in [9.17, 15) is 13.2 Å². The third-order valence-corrected chi connectivity index (χ3v) is 7.05. The topological polar surface area (TPSA) is 88.2 Å². The molecular weight excluding hydrogens is 441 g/mol. The zero-order valence-corrected chi connectivity index (χ0v) is 18.5. The SMILES string of the molecule is Cl.O=C(NCCCN1CCOCC1)c1cc(S(=O)(=O)N2CCOCC2)ccc1Cl. The molecule has 29 heavy (non-hydrogen) atoms. The smallest absolute Gasteiger partial charge is 0.252 e. The van der Waals surface area contributed by atoms with Gasteiger partial charge in [-0.1, -0.05) is 11.6 Å². The van der Waals surface area contributed by atoms with Gasteiger partial charge in [0.1, 0.15) is 0 Å². The lowest BCUT2D eigenvalue weighted by molar-refractivity contribution is 0.0374. The third kappa shape index (κ3) is 6.52. The van der Waals surface area contributed by atoms with Crippen molar-refractivity contribution >= 4 is 39.9 Å². The molecule has 8 nitrogen and oxygen atoms in total. The van der Waals surface area contributed by atoms with E-state index in [1.54, 1.807) is 0 Å². The lowest BCUT2D eigenvalue weighted by Crippen LogP contribution is -2.40. The summed E-state index contributed by atoms with van der Waals surface area (Å²) >= 11 is 6.15. The van der Waals surface area contributed by atoms with Crippen molar-refractivity contribution in [2.75, 3.05) is 65.7 Å². The Labute approximate surface area is 182 Å². The van der Waals surface area contributed by atoms with Gasteiger partial charge < -0.3 is 14.8 Å². The fourth-order valence-corrected chi connectivity index (χ4v) is 4.84. The van der Waals surface area contributed by atoms with Crippen molar-refractivity contribution in [1.29, 1.82) is 0 Å². The maximum absolute atomic E-state index is 12.8. The Kier molecular flexibility index (Phi) is 9.61. The Morgan fingerprint density at radius 2 is 1.69 bits per heavy atom. The quantitative estimate of drug-likeness (QED) is 0.606. The molecule has 1 aromatic rings. The number of sulfonamides is 1. The van der Waals surface area contributed by atoms with Gasteiger partial charge >= 0.3 is 0 Å². The Morgan fingerprint density at radius 3 is 2.34 bits per heavy atom. The molecule has 0 unspecified atom stereocenters. The number of amides is 1. The number of morpholine rings is 2. The number of hydrogen-bond acceptors (Lipinski definition) is 6. The number of rotatable bonds is 7. The number of halogens is 2. The van der Waals surface area contributed by atoms with Gasteiger partial charge in [0.15, 0.2) is 0 Å². The summed E-state index contributed by atoms with van der Waals surface area (Å²) in [6, 6.07) is 4.24. The van der Waals surface area contributed by atoms with Crippen LogP contribution >= 0.6 is 24.0 Å². The fraction of sp³-hybridized carbons (Fsp3) is 0.611. The van der Waals surface area contributed by atoms with Gasteiger partial charge in [0.05, 0.1) is 41.9 Å². The van der Waals surface area contributed by atoms with Gasteiger partial charge in [-0.15, -0.1) is 12.4 Å². The summed E-state index contributed by atoms with van der Waals surface area (Å²) in [6.07, 6.45) is 0.801. The first kappa shape index (κ1) is 24.3. The van der Waals surface area contributed by atoms with Crippen molar-refractivity contribution < 1.29 is 22.7 Å². The van der Waals surface area contributed by atoms with Crippen LogP contribution in [0.2, 0.25) is 5.02 Å². The van der Waals surface area contributed by atoms with E-state index >= 15 is 0 Å². The van der Waals surface area contributed by atoms with Crippen molar-refractivity contribution in [2.45, 2.75) is 11.3 Å². The minimum atomic E-state index is -3.68. The van der Waals surface area contributed by atoms with Crippen LogP contribution in [0.25, 0.3) is 0 Å². The number of ether oxygens (including phenoxy) is 2. The maximum Gasteiger partial charge on any atom is 0.252 e. The zero-order valence-electron chi connectivity index (χ0n) is 16.1. The summed E-state index contributed by atoms with van der Waals surface area (Å²) < 4.78 is 37.5. The average Bonchev–Trinajstić information content (AvgIpc) is 2.72. The largest absolute Gasteiger partial charge is 0.379 e. The Morgan fingerprint density at radius 1 is 1.07 bits per heavy atom. The van der Waals surface area contributed by atoms with Gasteiger partial charge in [-0.2, -0.15) is 4.31 Å². The second-order valence-corrected chi connectivity index (χ2v) is 9.07. The zero-order chi connectivity index (χ0) is 20.0. The number of nitrogens with zero attached hydrogens (tertiary/aromatic N) is 2. The number of hydrogen-bond donors (Lipinski definition) is 1. The van der Waals surface area contributed by atoms with Crippen LogP contribution in [0.1, 0.15) is 16.8 Å². The summed E-state index contributed by atoms with van der Waals surface area (Å²) in [7, 11) is -3.68. The highest BCUT2D eigenvalue weighted by molar-refractivity contribution is 7.89. The molecule has 0 radical (unpaired) electrons. The van der Waals surface area contributed by atoms with Crippen LogP contribution in [0.4, 0.5) is 0 Å². The van der Waals surface area contributed by atoms with Crippen LogP contribution in [0, 0.1) is 0 Å². The second-order valence-electron chi connectivity index (χ2n) is 6.72. The first-order chi connectivity index (χ1) is 13.5. The molecule has 0 spiro atoms. The van der Waals surface area contributed by atoms with Gasteiger partial charge in [-0.05, 0) is 31.2 Å². The van der Waals surface area contributed by atoms with Crippen molar-refractivity contribution in [2.24, 2.45) is 0 Å². The molecule has 2 aliphatic heterocycles. The van der Waals surface area contributed by atoms with Crippen LogP contribution in [0.5, 0.6) is 0 Å². The first-order valence-corrected chi connectivity index (χ1v) is 11.3. The van der Waals surface area contributed by atoms with Gasteiger partial charge in [-0.25, -0.2) is 8.42 Å². The molecule has 164 valence electrons. The first-order valence-electron chi connectivity index (χ1n) is 9.44. The number of benzene rings is 1. The van der Waals surface area contributed by atoms with E-state index in [1.165, 1.54) is 22.5 Å². The van der Waals surface area contributed by atoms with Crippen LogP contribution in [0.3, 0.4) is 0 Å². The summed E-state index contributed by atoms with van der Waals surface area (Å²) in [5.41, 5.74) is 0.169. The van der Waals surface area contributed by atoms with E-state index in [0.29, 0.717) is 32.8 Å². The molecule has 1 aromatic carbocycles. The summed E-state index contributed by atoms with van der Waals surface area (Å²) in [6.45, 7) is 5.99. The molecule has 0 bridgehead atoms. The van der Waals surface area contributed by atoms with Gasteiger partial charge in [-0.3, -0.25) is 9.69 Å². The molecule has 1 N–H and O–H groups in total. The molecule has 2 aliphatic rings. The number of carbonyl (C=O) groups excluding carboxylic acids is 1. The van der Waals surface area contributed by atoms with E-state index in [1.807, 2.05) is 0 Å². The average molecular weight is 468 g/mol. The third-order valence-electron chi connectivity index (χ3n) is 4.83. The lowest BCUT2D eigenvalue weighted by Gasteiger charge is -2.26. The van der Waals surface area contributed by atoms with E-state index < -0.39 is 10.0 Å². The maximum atomic E-state index is 12.8. The summed E-state index contributed by atoms with van der Waals surface area (Å²) in [4.78, 5) is 14.9. The number of carbonyl (C=O) groups is 1. The molecule has 0 atom stereocenters. The molecule has 0 aromatic heterocycles. The van der Waals surface area contributed by atoms with Crippen LogP contribution in [0.15, 0.2) is 23.1 Å². The molecule has 2 saturated heterocycles. The van der Waals surface area contributed by atoms with Crippen molar-refractivity contribution in [1.82, 2.24) is 14.5 Å². The van der Waals surface area contributed by atoms with Crippen LogP contribution < -0.4 is 5.32 Å². The molecule has 11 heteroatoms. The molecule has 3 rings (SSSR count). The van der Waals surface area contributed by atoms with Crippen LogP contribution in [-0.2, 0) is 19.5 Å². The standard InChI is InChI=1S/C18H26ClN3O5S.ClH/c19-17-3-2-15(28(24,25)22-8-12-27-13-9-22)14-16(17)18(23)20-4-1-5-21-6-10-26-11-7-21;/h2-3,14H,1,4-13H2,(H,20,23);1H. The lowest BCUT2D eigenvalue weighted by atomic mass is 10.2. The Hall–Kier alpha value is -0.940. The summed E-state index contributed by atoms with van der Waals surface area (Å²) in [5.74, 6) is -0.369. The highest BCUT2D eigenvalue weighted by Crippen LogP contribution is 2.23. The highest BCUT2D eigenvalue weighted by Gasteiger charge is 2.27. The molecule has 2 heterocycles. The molecule has 1 amide bonds. The minimum absolute atomic E-state index is 0. The highest BCUT2D eigenvalue weighted by atomic mass is 35.5. The van der Waals surface area contributed by atoms with E-state index in [4.69, 9.17) is 21.1 Å². The van der Waals surface area contributed by atoms with Crippen molar-refractivity contribution in [3.8, 4) is 0 Å². The summed E-state index contributed by atoms with van der Waals surface area (Å²) in [5, 5.41) is 3.06. The predicted octanol–water partition coefficient (Wildman–Crippen LogP) is 1.23. The van der Waals surface area contributed by atoms with Crippen molar-refractivity contribution in [3.63, 3.8) is 0 Å². The Balaban J connectivity index is 0.00000300. The fourth-order valence-electron chi connectivity index (χ4n) is 3.20. The minimum Gasteiger partial charge on any atom is -0.379 e. The van der Waals surface area contributed by atoms with Gasteiger partial charge in [0, 0.05) is 32.7 Å². The molecular formula is C18H27Cl2N3O5S. The van der Waals surface area contributed by atoms with Gasteiger partial charge in [0.2, 0.25) is 10.0 Å². The predicted molar refractivity (Wildman–Crippen MR) is 112 cm³/mol. The van der Waals surface area contributed by atoms with E-state index in [2.05, 4.69) is 10.2 Å². The monoisotopic (exact) mass is 467 g/mol. The molecule has 0 aliphatic carbocycles. The second kappa shape index (κ2) is 11.5. The van der Waals surface area contributed by atoms with Crippen LogP contribution in [-0.4, -0.2) is 89.2 Å². The number of nitrogens with one attached hydrogen (secondary N) is 1. The molecule has 0 saturated carbocycles. The van der Waals surface area contributed by atoms with E-state index in [-0.39, 0.29) is 33.8 Å².